The summed E-state index contributed by atoms with van der Waals surface area (Å²) < 4.78 is 11.4. The predicted molar refractivity (Wildman–Crippen MR) is 137 cm³/mol. The van der Waals surface area contributed by atoms with Gasteiger partial charge < -0.3 is 29.6 Å². The van der Waals surface area contributed by atoms with Crippen molar-refractivity contribution in [3.63, 3.8) is 0 Å². The van der Waals surface area contributed by atoms with Crippen LogP contribution in [0, 0.1) is 6.92 Å². The summed E-state index contributed by atoms with van der Waals surface area (Å²) in [6, 6.07) is 13.8. The zero-order valence-electron chi connectivity index (χ0n) is 19.3. The number of aromatic amines is 1. The van der Waals surface area contributed by atoms with E-state index in [1.165, 1.54) is 0 Å². The molecule has 0 radical (unpaired) electrons. The molecule has 0 saturated carbocycles. The molecule has 2 heterocycles. The maximum Gasteiger partial charge on any atom is 0.253 e. The number of H-pyrrole nitrogens is 1. The molecule has 0 aliphatic carbocycles. The fourth-order valence-electron chi connectivity index (χ4n) is 3.87. The number of benzene rings is 2. The van der Waals surface area contributed by atoms with E-state index in [4.69, 9.17) is 21.7 Å². The van der Waals surface area contributed by atoms with E-state index in [1.54, 1.807) is 0 Å². The first kappa shape index (κ1) is 23.1. The van der Waals surface area contributed by atoms with Gasteiger partial charge >= 0.3 is 0 Å². The van der Waals surface area contributed by atoms with Crippen molar-refractivity contribution < 1.29 is 9.47 Å². The Morgan fingerprint density at radius 2 is 1.85 bits per heavy atom. The summed E-state index contributed by atoms with van der Waals surface area (Å²) in [4.78, 5) is 20.1. The van der Waals surface area contributed by atoms with Crippen LogP contribution in [0.2, 0.25) is 0 Å². The van der Waals surface area contributed by atoms with Crippen LogP contribution < -0.4 is 20.3 Å². The normalized spacial score (nSPS) is 12.7. The van der Waals surface area contributed by atoms with Crippen LogP contribution in [0.1, 0.15) is 17.5 Å². The van der Waals surface area contributed by atoms with Gasteiger partial charge in [-0.3, -0.25) is 4.79 Å². The Morgan fingerprint density at radius 3 is 2.58 bits per heavy atom. The quantitative estimate of drug-likeness (QED) is 0.514. The molecule has 0 spiro atoms. The van der Waals surface area contributed by atoms with Crippen molar-refractivity contribution in [3.05, 3.63) is 63.9 Å². The van der Waals surface area contributed by atoms with Crippen molar-refractivity contribution >= 4 is 33.9 Å². The highest BCUT2D eigenvalue weighted by atomic mass is 32.1. The fraction of sp³-hybridized carbons (Fsp3) is 0.360. The molecule has 8 heteroatoms. The van der Waals surface area contributed by atoms with E-state index in [9.17, 15) is 4.79 Å². The van der Waals surface area contributed by atoms with E-state index < -0.39 is 0 Å². The van der Waals surface area contributed by atoms with Crippen molar-refractivity contribution in [2.24, 2.45) is 0 Å². The van der Waals surface area contributed by atoms with E-state index in [1.807, 2.05) is 57.4 Å². The lowest BCUT2D eigenvalue weighted by Crippen LogP contribution is -2.37. The zero-order valence-corrected chi connectivity index (χ0v) is 20.1. The number of hydrogen-bond acceptors (Lipinski definition) is 5. The molecule has 1 aliphatic heterocycles. The minimum Gasteiger partial charge on any atom is -0.486 e. The van der Waals surface area contributed by atoms with Crippen LogP contribution >= 0.6 is 12.2 Å². The van der Waals surface area contributed by atoms with Crippen molar-refractivity contribution in [1.82, 2.24) is 14.8 Å². The number of hydrogen-bond donors (Lipinski definition) is 2. The number of fused-ring (bicyclic) bond motifs is 2. The number of anilines is 1. The average Bonchev–Trinajstić information content (AvgIpc) is 2.77. The van der Waals surface area contributed by atoms with Gasteiger partial charge in [-0.1, -0.05) is 12.1 Å². The van der Waals surface area contributed by atoms with Gasteiger partial charge in [0.2, 0.25) is 0 Å². The van der Waals surface area contributed by atoms with Crippen LogP contribution in [0.15, 0.2) is 47.3 Å². The molecule has 1 aliphatic rings. The lowest BCUT2D eigenvalue weighted by molar-refractivity contribution is 0.172. The number of aryl methyl sites for hydroxylation is 1. The lowest BCUT2D eigenvalue weighted by Gasteiger charge is -2.27. The SMILES string of the molecule is Cc1cccc(NC(=S)N(CCCN(C)C)Cc2cc3cc4c(cc3[nH]c2=O)OCCO4)c1. The molecule has 0 bridgehead atoms. The molecule has 33 heavy (non-hydrogen) atoms. The third kappa shape index (κ3) is 5.83. The molecule has 7 nitrogen and oxygen atoms in total. The molecule has 4 rings (SSSR count). The molecule has 0 atom stereocenters. The molecule has 0 amide bonds. The Kier molecular flexibility index (Phi) is 7.15. The van der Waals surface area contributed by atoms with Crippen molar-refractivity contribution in [1.29, 1.82) is 0 Å². The lowest BCUT2D eigenvalue weighted by atomic mass is 10.1. The van der Waals surface area contributed by atoms with Crippen LogP contribution in [-0.4, -0.2) is 60.3 Å². The molecule has 2 N–H and O–H groups in total. The van der Waals surface area contributed by atoms with Gasteiger partial charge in [0.15, 0.2) is 16.6 Å². The predicted octanol–water partition coefficient (Wildman–Crippen LogP) is 3.76. The first-order chi connectivity index (χ1) is 15.9. The molecule has 3 aromatic rings. The molecule has 0 fully saturated rings. The molecule has 174 valence electrons. The maximum absolute atomic E-state index is 12.9. The maximum atomic E-state index is 12.9. The van der Waals surface area contributed by atoms with E-state index in [0.717, 1.165) is 41.7 Å². The second-order valence-electron chi connectivity index (χ2n) is 8.58. The summed E-state index contributed by atoms with van der Waals surface area (Å²) >= 11 is 5.75. The van der Waals surface area contributed by atoms with Crippen LogP contribution in [0.3, 0.4) is 0 Å². The van der Waals surface area contributed by atoms with Crippen LogP contribution in [-0.2, 0) is 6.54 Å². The number of thiocarbonyl (C=S) groups is 1. The third-order valence-corrected chi connectivity index (χ3v) is 5.90. The summed E-state index contributed by atoms with van der Waals surface area (Å²) in [6.45, 7) is 5.15. The highest BCUT2D eigenvalue weighted by Gasteiger charge is 2.17. The number of nitrogens with zero attached hydrogens (tertiary/aromatic N) is 2. The number of pyridine rings is 1. The van der Waals surface area contributed by atoms with Crippen LogP contribution in [0.5, 0.6) is 11.5 Å². The minimum absolute atomic E-state index is 0.129. The van der Waals surface area contributed by atoms with Gasteiger partial charge in [0.25, 0.3) is 5.56 Å². The van der Waals surface area contributed by atoms with Gasteiger partial charge in [0.05, 0.1) is 12.1 Å². The summed E-state index contributed by atoms with van der Waals surface area (Å²) in [5, 5.41) is 4.83. The first-order valence-corrected chi connectivity index (χ1v) is 11.5. The highest BCUT2D eigenvalue weighted by Crippen LogP contribution is 2.33. The van der Waals surface area contributed by atoms with Crippen molar-refractivity contribution in [2.45, 2.75) is 19.9 Å². The molecular weight excluding hydrogens is 436 g/mol. The van der Waals surface area contributed by atoms with E-state index in [0.29, 0.717) is 41.9 Å². The zero-order chi connectivity index (χ0) is 23.4. The smallest absolute Gasteiger partial charge is 0.253 e. The van der Waals surface area contributed by atoms with Gasteiger partial charge in [0, 0.05) is 29.2 Å². The summed E-state index contributed by atoms with van der Waals surface area (Å²) in [5.74, 6) is 1.36. The van der Waals surface area contributed by atoms with E-state index >= 15 is 0 Å². The van der Waals surface area contributed by atoms with Gasteiger partial charge in [-0.15, -0.1) is 0 Å². The van der Waals surface area contributed by atoms with Crippen molar-refractivity contribution in [2.75, 3.05) is 45.7 Å². The molecule has 0 saturated heterocycles. The minimum atomic E-state index is -0.129. The van der Waals surface area contributed by atoms with Crippen LogP contribution in [0.4, 0.5) is 5.69 Å². The second kappa shape index (κ2) is 10.2. The molecule has 2 aromatic carbocycles. The van der Waals surface area contributed by atoms with Crippen molar-refractivity contribution in [3.8, 4) is 11.5 Å². The van der Waals surface area contributed by atoms with Gasteiger partial charge in [-0.2, -0.15) is 0 Å². The molecule has 0 unspecified atom stereocenters. The highest BCUT2D eigenvalue weighted by molar-refractivity contribution is 7.80. The monoisotopic (exact) mass is 466 g/mol. The van der Waals surface area contributed by atoms with Gasteiger partial charge in [0.1, 0.15) is 13.2 Å². The standard InChI is InChI=1S/C25H30N4O3S/c1-17-6-4-7-20(12-17)26-25(33)29(9-5-8-28(2)3)16-19-13-18-14-22-23(32-11-10-31-22)15-21(18)27-24(19)30/h4,6-7,12-15H,5,8-11,16H2,1-3H3,(H,26,33)(H,27,30). The number of rotatable bonds is 7. The Morgan fingerprint density at radius 1 is 1.09 bits per heavy atom. The van der Waals surface area contributed by atoms with E-state index in [-0.39, 0.29) is 5.56 Å². The van der Waals surface area contributed by atoms with Gasteiger partial charge in [-0.25, -0.2) is 0 Å². The number of nitrogens with one attached hydrogen (secondary N) is 2. The van der Waals surface area contributed by atoms with E-state index in [2.05, 4.69) is 26.2 Å². The Labute approximate surface area is 199 Å². The molecular formula is C25H30N4O3S. The average molecular weight is 467 g/mol. The Bertz CT molecular complexity index is 1210. The second-order valence-corrected chi connectivity index (χ2v) is 8.97. The summed E-state index contributed by atoms with van der Waals surface area (Å²) in [6.07, 6.45) is 0.923. The number of ether oxygens (including phenoxy) is 2. The molecule has 1 aromatic heterocycles. The summed E-state index contributed by atoms with van der Waals surface area (Å²) in [5.41, 5.74) is 3.34. The Hall–Kier alpha value is -3.10. The third-order valence-electron chi connectivity index (χ3n) is 5.54. The first-order valence-electron chi connectivity index (χ1n) is 11.1. The van der Waals surface area contributed by atoms with Crippen LogP contribution in [0.25, 0.3) is 10.9 Å². The summed E-state index contributed by atoms with van der Waals surface area (Å²) in [7, 11) is 4.10. The fourth-order valence-corrected chi connectivity index (χ4v) is 4.14. The van der Waals surface area contributed by atoms with Gasteiger partial charge in [-0.05, 0) is 76.0 Å². The Balaban J connectivity index is 1.59. The largest absolute Gasteiger partial charge is 0.486 e. The number of aromatic nitrogens is 1. The topological polar surface area (TPSA) is 69.8 Å².